The van der Waals surface area contributed by atoms with E-state index in [9.17, 15) is 9.59 Å². The summed E-state index contributed by atoms with van der Waals surface area (Å²) in [5.41, 5.74) is 2.17. The summed E-state index contributed by atoms with van der Waals surface area (Å²) in [6, 6.07) is 7.43. The van der Waals surface area contributed by atoms with Gasteiger partial charge in [-0.3, -0.25) is 4.79 Å². The molecule has 3 amide bonds. The lowest BCUT2D eigenvalue weighted by Gasteiger charge is -2.22. The second-order valence-electron chi connectivity index (χ2n) is 5.57. The van der Waals surface area contributed by atoms with Crippen LogP contribution in [0.2, 0.25) is 0 Å². The average molecular weight is 289 g/mol. The number of rotatable bonds is 5. The smallest absolute Gasteiger partial charge is 0.315 e. The van der Waals surface area contributed by atoms with Crippen LogP contribution in [0.5, 0.6) is 0 Å². The van der Waals surface area contributed by atoms with Gasteiger partial charge in [0.25, 0.3) is 0 Å². The molecule has 0 heterocycles. The largest absolute Gasteiger partial charge is 0.345 e. The van der Waals surface area contributed by atoms with Gasteiger partial charge in [-0.15, -0.1) is 0 Å². The van der Waals surface area contributed by atoms with Crippen LogP contribution in [0.3, 0.4) is 0 Å². The number of hydrogen-bond acceptors (Lipinski definition) is 2. The van der Waals surface area contributed by atoms with Gasteiger partial charge in [0, 0.05) is 7.05 Å². The van der Waals surface area contributed by atoms with Gasteiger partial charge in [0.1, 0.15) is 6.04 Å². The zero-order valence-electron chi connectivity index (χ0n) is 12.8. The summed E-state index contributed by atoms with van der Waals surface area (Å²) in [6.07, 6.45) is 2.86. The maximum absolute atomic E-state index is 12.2. The predicted molar refractivity (Wildman–Crippen MR) is 81.9 cm³/mol. The number of aryl methyl sites for hydroxylation is 1. The van der Waals surface area contributed by atoms with Crippen molar-refractivity contribution in [3.05, 3.63) is 35.4 Å². The molecule has 1 aliphatic rings. The molecule has 1 saturated carbocycles. The quantitative estimate of drug-likeness (QED) is 0.771. The van der Waals surface area contributed by atoms with Crippen LogP contribution >= 0.6 is 0 Å². The van der Waals surface area contributed by atoms with Gasteiger partial charge < -0.3 is 16.0 Å². The van der Waals surface area contributed by atoms with Crippen LogP contribution < -0.4 is 16.0 Å². The van der Waals surface area contributed by atoms with Gasteiger partial charge in [-0.1, -0.05) is 31.2 Å². The topological polar surface area (TPSA) is 70.2 Å². The van der Waals surface area contributed by atoms with E-state index in [0.717, 1.165) is 24.8 Å². The third kappa shape index (κ3) is 3.54. The van der Waals surface area contributed by atoms with E-state index in [2.05, 4.69) is 41.1 Å². The molecule has 0 aromatic heterocycles. The highest BCUT2D eigenvalue weighted by Crippen LogP contribution is 2.45. The Labute approximate surface area is 125 Å². The fourth-order valence-electron chi connectivity index (χ4n) is 2.38. The van der Waals surface area contributed by atoms with Crippen molar-refractivity contribution in [1.82, 2.24) is 16.0 Å². The Balaban J connectivity index is 2.04. The summed E-state index contributed by atoms with van der Waals surface area (Å²) in [6.45, 7) is 3.80. The summed E-state index contributed by atoms with van der Waals surface area (Å²) in [5, 5.41) is 8.12. The van der Waals surface area contributed by atoms with Crippen molar-refractivity contribution in [1.29, 1.82) is 0 Å². The molecule has 114 valence electrons. The van der Waals surface area contributed by atoms with Gasteiger partial charge >= 0.3 is 6.03 Å². The average Bonchev–Trinajstić information content (AvgIpc) is 3.27. The van der Waals surface area contributed by atoms with Crippen LogP contribution in [0.25, 0.3) is 0 Å². The molecule has 3 N–H and O–H groups in total. The molecule has 5 heteroatoms. The Kier molecular flexibility index (Phi) is 4.50. The first-order valence-corrected chi connectivity index (χ1v) is 7.40. The molecule has 0 bridgehead atoms. The van der Waals surface area contributed by atoms with Gasteiger partial charge in [-0.25, -0.2) is 4.79 Å². The normalized spacial score (nSPS) is 16.7. The standard InChI is InChI=1S/C16H23N3O2/c1-4-12-6-5-7-13(10-12)16(8-9-16)19-14(20)11(2)18-15(21)17-3/h5-7,10-11H,4,8-9H2,1-3H3,(H,19,20)(H2,17,18,21)/t11-/m1/s1. The molecule has 1 fully saturated rings. The van der Waals surface area contributed by atoms with E-state index in [0.29, 0.717) is 0 Å². The fraction of sp³-hybridized carbons (Fsp3) is 0.500. The van der Waals surface area contributed by atoms with Gasteiger partial charge in [-0.2, -0.15) is 0 Å². The molecular formula is C16H23N3O2. The van der Waals surface area contributed by atoms with Crippen molar-refractivity contribution in [3.8, 4) is 0 Å². The Morgan fingerprint density at radius 2 is 2.05 bits per heavy atom. The van der Waals surface area contributed by atoms with Crippen LogP contribution in [0.15, 0.2) is 24.3 Å². The second kappa shape index (κ2) is 6.16. The number of benzene rings is 1. The van der Waals surface area contributed by atoms with E-state index in [1.807, 2.05) is 6.07 Å². The summed E-state index contributed by atoms with van der Waals surface area (Å²) in [4.78, 5) is 23.5. The third-order valence-corrected chi connectivity index (χ3v) is 3.97. The fourth-order valence-corrected chi connectivity index (χ4v) is 2.38. The van der Waals surface area contributed by atoms with E-state index >= 15 is 0 Å². The summed E-state index contributed by atoms with van der Waals surface area (Å²) < 4.78 is 0. The summed E-state index contributed by atoms with van der Waals surface area (Å²) >= 11 is 0. The lowest BCUT2D eigenvalue weighted by Crippen LogP contribution is -2.50. The molecule has 0 radical (unpaired) electrons. The van der Waals surface area contributed by atoms with E-state index in [1.54, 1.807) is 6.92 Å². The van der Waals surface area contributed by atoms with Crippen molar-refractivity contribution in [2.24, 2.45) is 0 Å². The molecule has 1 atom stereocenters. The van der Waals surface area contributed by atoms with Crippen LogP contribution in [-0.4, -0.2) is 25.0 Å². The number of nitrogens with one attached hydrogen (secondary N) is 3. The minimum atomic E-state index is -0.559. The molecule has 5 nitrogen and oxygen atoms in total. The highest BCUT2D eigenvalue weighted by Gasteiger charge is 2.46. The maximum Gasteiger partial charge on any atom is 0.315 e. The van der Waals surface area contributed by atoms with Crippen molar-refractivity contribution < 1.29 is 9.59 Å². The van der Waals surface area contributed by atoms with Crippen LogP contribution in [0.1, 0.15) is 37.8 Å². The SMILES string of the molecule is CCc1cccc(C2(NC(=O)[C@@H](C)NC(=O)NC)CC2)c1. The molecule has 1 aromatic carbocycles. The van der Waals surface area contributed by atoms with Crippen molar-refractivity contribution in [2.45, 2.75) is 44.7 Å². The predicted octanol–water partition coefficient (Wildman–Crippen LogP) is 1.67. The molecule has 21 heavy (non-hydrogen) atoms. The lowest BCUT2D eigenvalue weighted by molar-refractivity contribution is -0.123. The second-order valence-corrected chi connectivity index (χ2v) is 5.57. The molecular weight excluding hydrogens is 266 g/mol. The number of carbonyl (C=O) groups excluding carboxylic acids is 2. The molecule has 1 aliphatic carbocycles. The van der Waals surface area contributed by atoms with Gasteiger partial charge in [0.2, 0.25) is 5.91 Å². The monoisotopic (exact) mass is 289 g/mol. The van der Waals surface area contributed by atoms with Gasteiger partial charge in [-0.05, 0) is 37.3 Å². The minimum Gasteiger partial charge on any atom is -0.345 e. The first-order chi connectivity index (χ1) is 10.0. The van der Waals surface area contributed by atoms with E-state index in [1.165, 1.54) is 12.6 Å². The molecule has 2 rings (SSSR count). The lowest BCUT2D eigenvalue weighted by atomic mass is 10.0. The molecule has 0 aliphatic heterocycles. The van der Waals surface area contributed by atoms with Crippen molar-refractivity contribution in [2.75, 3.05) is 7.05 Å². The van der Waals surface area contributed by atoms with Gasteiger partial charge in [0.15, 0.2) is 0 Å². The Morgan fingerprint density at radius 3 is 2.62 bits per heavy atom. The minimum absolute atomic E-state index is 0.155. The summed E-state index contributed by atoms with van der Waals surface area (Å²) in [7, 11) is 1.53. The zero-order valence-corrected chi connectivity index (χ0v) is 12.8. The number of amides is 3. The zero-order chi connectivity index (χ0) is 15.5. The van der Waals surface area contributed by atoms with Crippen LogP contribution in [0, 0.1) is 0 Å². The van der Waals surface area contributed by atoms with Gasteiger partial charge in [0.05, 0.1) is 5.54 Å². The highest BCUT2D eigenvalue weighted by atomic mass is 16.2. The van der Waals surface area contributed by atoms with E-state index in [4.69, 9.17) is 0 Å². The van der Waals surface area contributed by atoms with Crippen molar-refractivity contribution in [3.63, 3.8) is 0 Å². The Hall–Kier alpha value is -2.04. The number of hydrogen-bond donors (Lipinski definition) is 3. The van der Waals surface area contributed by atoms with E-state index in [-0.39, 0.29) is 17.5 Å². The highest BCUT2D eigenvalue weighted by molar-refractivity contribution is 5.87. The first kappa shape index (κ1) is 15.4. The van der Waals surface area contributed by atoms with E-state index < -0.39 is 6.04 Å². The Morgan fingerprint density at radius 1 is 1.33 bits per heavy atom. The van der Waals surface area contributed by atoms with Crippen molar-refractivity contribution >= 4 is 11.9 Å². The third-order valence-electron chi connectivity index (χ3n) is 3.97. The summed E-state index contributed by atoms with van der Waals surface area (Å²) in [5.74, 6) is -0.155. The number of carbonyl (C=O) groups is 2. The molecule has 0 unspecified atom stereocenters. The molecule has 1 aromatic rings. The maximum atomic E-state index is 12.2. The number of urea groups is 1. The van der Waals surface area contributed by atoms with Crippen LogP contribution in [-0.2, 0) is 16.8 Å². The van der Waals surface area contributed by atoms with Crippen LogP contribution in [0.4, 0.5) is 4.79 Å². The molecule has 0 saturated heterocycles. The Bertz CT molecular complexity index is 538. The first-order valence-electron chi connectivity index (χ1n) is 7.40. The molecule has 0 spiro atoms.